The average Bonchev–Trinajstić information content (AvgIpc) is 3.54. The largest absolute Gasteiger partial charge is 0.494 e. The third-order valence-corrected chi connectivity index (χ3v) is 6.01. The van der Waals surface area contributed by atoms with Gasteiger partial charge in [-0.05, 0) is 13.0 Å². The summed E-state index contributed by atoms with van der Waals surface area (Å²) in [6, 6.07) is 11.0. The van der Waals surface area contributed by atoms with Crippen LogP contribution in [0.4, 0.5) is 5.69 Å². The highest BCUT2D eigenvalue weighted by atomic mass is 16.6. The van der Waals surface area contributed by atoms with Gasteiger partial charge in [0.1, 0.15) is 6.61 Å². The molecule has 1 unspecified atom stereocenters. The van der Waals surface area contributed by atoms with E-state index < -0.39 is 11.7 Å². The van der Waals surface area contributed by atoms with Crippen molar-refractivity contribution in [3.63, 3.8) is 0 Å². The number of benzene rings is 1. The number of hydrogen-bond acceptors (Lipinski definition) is 7. The monoisotopic (exact) mass is 433 g/mol. The number of hydrogen-bond donors (Lipinski definition) is 0. The minimum Gasteiger partial charge on any atom is -0.494 e. The minimum atomic E-state index is -0.901. The Kier molecular flexibility index (Phi) is 4.74. The SMILES string of the molecule is CCOC(=O)c1c(OC)c2c(n1C)-c1cnccc1N(CC(=O)c1ccccc1)C21CO1. The van der Waals surface area contributed by atoms with Crippen LogP contribution in [0.1, 0.15) is 33.3 Å². The Hall–Kier alpha value is -3.65. The number of aromatic nitrogens is 2. The van der Waals surface area contributed by atoms with Crippen LogP contribution in [-0.2, 0) is 22.2 Å². The molecule has 0 radical (unpaired) electrons. The Morgan fingerprint density at radius 2 is 1.97 bits per heavy atom. The standard InChI is InChI=1S/C24H23N3O5/c1-4-31-23(29)21-22(30-3)19-20(26(21)2)16-12-25-11-10-17(16)27(24(19)14-32-24)13-18(28)15-8-6-5-7-9-15/h5-12H,4,13-14H2,1-3H3. The second kappa shape index (κ2) is 7.49. The van der Waals surface area contributed by atoms with Crippen molar-refractivity contribution in [2.24, 2.45) is 7.05 Å². The number of anilines is 1. The Labute approximate surface area is 185 Å². The third kappa shape index (κ3) is 2.83. The average molecular weight is 433 g/mol. The van der Waals surface area contributed by atoms with Gasteiger partial charge >= 0.3 is 5.97 Å². The van der Waals surface area contributed by atoms with Gasteiger partial charge in [0, 0.05) is 30.6 Å². The number of carbonyl (C=O) groups is 2. The second-order valence-electron chi connectivity index (χ2n) is 7.73. The van der Waals surface area contributed by atoms with E-state index in [1.54, 1.807) is 43.1 Å². The lowest BCUT2D eigenvalue weighted by Crippen LogP contribution is -2.43. The number of rotatable bonds is 6. The number of nitrogens with zero attached hydrogens (tertiary/aromatic N) is 3. The van der Waals surface area contributed by atoms with Crippen LogP contribution in [-0.4, -0.2) is 48.2 Å². The van der Waals surface area contributed by atoms with E-state index >= 15 is 0 Å². The van der Waals surface area contributed by atoms with Crippen LogP contribution in [0.2, 0.25) is 0 Å². The van der Waals surface area contributed by atoms with Gasteiger partial charge in [0.15, 0.2) is 23.0 Å². The summed E-state index contributed by atoms with van der Waals surface area (Å²) in [5, 5.41) is 0. The van der Waals surface area contributed by atoms with Crippen LogP contribution in [0.15, 0.2) is 48.8 Å². The Morgan fingerprint density at radius 1 is 1.22 bits per heavy atom. The van der Waals surface area contributed by atoms with Crippen molar-refractivity contribution in [1.82, 2.24) is 9.55 Å². The third-order valence-electron chi connectivity index (χ3n) is 6.01. The molecule has 1 fully saturated rings. The zero-order chi connectivity index (χ0) is 22.5. The van der Waals surface area contributed by atoms with Crippen molar-refractivity contribution >= 4 is 17.4 Å². The van der Waals surface area contributed by atoms with Gasteiger partial charge in [-0.15, -0.1) is 0 Å². The summed E-state index contributed by atoms with van der Waals surface area (Å²) in [6.07, 6.45) is 3.42. The lowest BCUT2D eigenvalue weighted by atomic mass is 9.93. The van der Waals surface area contributed by atoms with Gasteiger partial charge in [-0.3, -0.25) is 9.78 Å². The molecule has 1 spiro atoms. The van der Waals surface area contributed by atoms with Crippen molar-refractivity contribution in [3.05, 3.63) is 65.6 Å². The summed E-state index contributed by atoms with van der Waals surface area (Å²) in [6.45, 7) is 2.48. The van der Waals surface area contributed by atoms with E-state index in [0.29, 0.717) is 29.2 Å². The fraction of sp³-hybridized carbons (Fsp3) is 0.292. The first kappa shape index (κ1) is 20.3. The maximum Gasteiger partial charge on any atom is 0.358 e. The van der Waals surface area contributed by atoms with Gasteiger partial charge < -0.3 is 23.7 Å². The van der Waals surface area contributed by atoms with E-state index in [2.05, 4.69) is 4.98 Å². The van der Waals surface area contributed by atoms with E-state index in [1.807, 2.05) is 29.2 Å². The fourth-order valence-corrected chi connectivity index (χ4v) is 4.54. The molecular formula is C24H23N3O5. The summed E-state index contributed by atoms with van der Waals surface area (Å²) < 4.78 is 18.8. The van der Waals surface area contributed by atoms with Crippen molar-refractivity contribution in [2.75, 3.05) is 31.8 Å². The first-order valence-electron chi connectivity index (χ1n) is 10.4. The molecule has 164 valence electrons. The molecule has 1 atom stereocenters. The lowest BCUT2D eigenvalue weighted by molar-refractivity contribution is 0.0511. The molecule has 3 aromatic rings. The highest BCUT2D eigenvalue weighted by molar-refractivity contribution is 6.02. The molecule has 2 aliphatic rings. The van der Waals surface area contributed by atoms with Gasteiger partial charge in [-0.1, -0.05) is 30.3 Å². The molecule has 4 heterocycles. The van der Waals surface area contributed by atoms with Gasteiger partial charge in [0.2, 0.25) is 0 Å². The number of carbonyl (C=O) groups excluding carboxylic acids is 2. The summed E-state index contributed by atoms with van der Waals surface area (Å²) >= 11 is 0. The van der Waals surface area contributed by atoms with E-state index in [4.69, 9.17) is 14.2 Å². The van der Waals surface area contributed by atoms with Gasteiger partial charge in [0.05, 0.1) is 37.2 Å². The molecule has 2 aliphatic heterocycles. The van der Waals surface area contributed by atoms with Crippen LogP contribution in [0.5, 0.6) is 5.75 Å². The zero-order valence-corrected chi connectivity index (χ0v) is 18.1. The van der Waals surface area contributed by atoms with Crippen molar-refractivity contribution < 1.29 is 23.8 Å². The fourth-order valence-electron chi connectivity index (χ4n) is 4.54. The maximum atomic E-state index is 13.1. The molecule has 32 heavy (non-hydrogen) atoms. The number of Topliss-reactive ketones (excluding diaryl/α,β-unsaturated/α-hetero) is 1. The minimum absolute atomic E-state index is 0.0350. The molecule has 0 amide bonds. The molecule has 5 rings (SSSR count). The zero-order valence-electron chi connectivity index (χ0n) is 18.1. The number of fused-ring (bicyclic) bond motifs is 4. The van der Waals surface area contributed by atoms with Crippen LogP contribution in [0.3, 0.4) is 0 Å². The number of ketones is 1. The topological polar surface area (TPSA) is 86.2 Å². The highest BCUT2D eigenvalue weighted by Gasteiger charge is 2.60. The van der Waals surface area contributed by atoms with Crippen LogP contribution in [0.25, 0.3) is 11.3 Å². The molecule has 0 N–H and O–H groups in total. The predicted octanol–water partition coefficient (Wildman–Crippen LogP) is 3.16. The van der Waals surface area contributed by atoms with Gasteiger partial charge in [-0.2, -0.15) is 0 Å². The number of methoxy groups -OCH3 is 1. The number of ether oxygens (including phenoxy) is 3. The molecule has 8 heteroatoms. The van der Waals surface area contributed by atoms with E-state index in [0.717, 1.165) is 16.9 Å². The van der Waals surface area contributed by atoms with Crippen LogP contribution in [0, 0.1) is 0 Å². The summed E-state index contributed by atoms with van der Waals surface area (Å²) in [4.78, 5) is 32.2. The molecule has 1 aromatic carbocycles. The van der Waals surface area contributed by atoms with Gasteiger partial charge in [0.25, 0.3) is 0 Å². The van der Waals surface area contributed by atoms with Crippen molar-refractivity contribution in [3.8, 4) is 17.0 Å². The van der Waals surface area contributed by atoms with Crippen molar-refractivity contribution in [2.45, 2.75) is 12.6 Å². The predicted molar refractivity (Wildman–Crippen MR) is 117 cm³/mol. The summed E-state index contributed by atoms with van der Waals surface area (Å²) in [5.41, 5.74) is 3.12. The molecular weight excluding hydrogens is 410 g/mol. The second-order valence-corrected chi connectivity index (χ2v) is 7.73. The molecule has 0 saturated carbocycles. The molecule has 0 aliphatic carbocycles. The first-order chi connectivity index (χ1) is 15.5. The quantitative estimate of drug-likeness (QED) is 0.335. The van der Waals surface area contributed by atoms with E-state index in [1.165, 1.54) is 7.11 Å². The number of esters is 1. The number of epoxide rings is 1. The molecule has 0 bridgehead atoms. The van der Waals surface area contributed by atoms with Gasteiger partial charge in [-0.25, -0.2) is 4.79 Å². The molecule has 1 saturated heterocycles. The summed E-state index contributed by atoms with van der Waals surface area (Å²) in [5.74, 6) is -0.119. The first-order valence-corrected chi connectivity index (χ1v) is 10.4. The number of pyridine rings is 1. The maximum absolute atomic E-state index is 13.1. The van der Waals surface area contributed by atoms with Crippen LogP contribution >= 0.6 is 0 Å². The van der Waals surface area contributed by atoms with E-state index in [-0.39, 0.29) is 18.9 Å². The molecule has 8 nitrogen and oxygen atoms in total. The van der Waals surface area contributed by atoms with E-state index in [9.17, 15) is 9.59 Å². The Morgan fingerprint density at radius 3 is 2.62 bits per heavy atom. The Balaban J connectivity index is 1.69. The smallest absolute Gasteiger partial charge is 0.358 e. The van der Waals surface area contributed by atoms with Crippen LogP contribution < -0.4 is 9.64 Å². The molecule has 2 aromatic heterocycles. The normalized spacial score (nSPS) is 18.2. The summed E-state index contributed by atoms with van der Waals surface area (Å²) in [7, 11) is 3.32. The Bertz CT molecular complexity index is 1210. The lowest BCUT2D eigenvalue weighted by Gasteiger charge is -2.36. The van der Waals surface area contributed by atoms with Crippen molar-refractivity contribution in [1.29, 1.82) is 0 Å². The highest BCUT2D eigenvalue weighted by Crippen LogP contribution is 2.58.